The first-order valence-electron chi connectivity index (χ1n) is 8.07. The van der Waals surface area contributed by atoms with E-state index in [1.165, 1.54) is 31.2 Å². The zero-order valence-electron chi connectivity index (χ0n) is 13.1. The van der Waals surface area contributed by atoms with Gasteiger partial charge in [-0.25, -0.2) is 0 Å². The van der Waals surface area contributed by atoms with Crippen LogP contribution in [0, 0.1) is 0 Å². The summed E-state index contributed by atoms with van der Waals surface area (Å²) in [6.45, 7) is 0. The molecule has 122 valence electrons. The van der Waals surface area contributed by atoms with Crippen molar-refractivity contribution in [3.05, 3.63) is 60.7 Å². The lowest BCUT2D eigenvalue weighted by molar-refractivity contribution is -0.179. The summed E-state index contributed by atoms with van der Waals surface area (Å²) >= 11 is 1.45. The summed E-state index contributed by atoms with van der Waals surface area (Å²) in [5.74, 6) is 0.760. The van der Waals surface area contributed by atoms with Crippen LogP contribution in [0.3, 0.4) is 0 Å². The third-order valence-corrected chi connectivity index (χ3v) is 4.51. The van der Waals surface area contributed by atoms with Crippen LogP contribution in [0.25, 0.3) is 0 Å². The van der Waals surface area contributed by atoms with Crippen molar-refractivity contribution in [3.63, 3.8) is 0 Å². The van der Waals surface area contributed by atoms with E-state index < -0.39 is 0 Å². The van der Waals surface area contributed by atoms with E-state index in [0.717, 1.165) is 23.5 Å². The maximum atomic E-state index is 5.87. The summed E-state index contributed by atoms with van der Waals surface area (Å²) in [5.41, 5.74) is 2.96. The molecule has 3 rings (SSSR count). The standard InChI is InChI=1S/C18H22N2O2S/c1-4-10-16(11-5-1)21-19-20(22-17-12-6-2-7-13-17)23-18-14-8-3-9-15-18/h2-3,6-9,12-16,19H,1,4-5,10-11H2. The highest BCUT2D eigenvalue weighted by atomic mass is 32.2. The van der Waals surface area contributed by atoms with Gasteiger partial charge in [0, 0.05) is 21.4 Å². The van der Waals surface area contributed by atoms with E-state index in [1.54, 1.807) is 4.58 Å². The Morgan fingerprint density at radius 3 is 2.22 bits per heavy atom. The van der Waals surface area contributed by atoms with Crippen LogP contribution < -0.4 is 10.4 Å². The van der Waals surface area contributed by atoms with E-state index in [1.807, 2.05) is 60.7 Å². The smallest absolute Gasteiger partial charge is 0.150 e. The second-order valence-corrected chi connectivity index (χ2v) is 6.52. The number of benzene rings is 2. The summed E-state index contributed by atoms with van der Waals surface area (Å²) in [7, 11) is 0. The van der Waals surface area contributed by atoms with Crippen LogP contribution in [0.1, 0.15) is 32.1 Å². The van der Waals surface area contributed by atoms with Crippen molar-refractivity contribution >= 4 is 11.9 Å². The Kier molecular flexibility index (Phi) is 6.34. The Balaban J connectivity index is 1.60. The minimum Gasteiger partial charge on any atom is -0.378 e. The minimum absolute atomic E-state index is 0.252. The van der Waals surface area contributed by atoms with Crippen LogP contribution in [-0.4, -0.2) is 10.7 Å². The lowest BCUT2D eigenvalue weighted by Gasteiger charge is -2.26. The van der Waals surface area contributed by atoms with E-state index in [2.05, 4.69) is 5.59 Å². The highest BCUT2D eigenvalue weighted by molar-refractivity contribution is 7.96. The summed E-state index contributed by atoms with van der Waals surface area (Å²) in [6.07, 6.45) is 6.23. The van der Waals surface area contributed by atoms with Crippen molar-refractivity contribution in [2.45, 2.75) is 43.1 Å². The van der Waals surface area contributed by atoms with Crippen LogP contribution in [0.15, 0.2) is 65.6 Å². The molecule has 0 amide bonds. The molecular weight excluding hydrogens is 308 g/mol. The third kappa shape index (κ3) is 5.55. The van der Waals surface area contributed by atoms with E-state index >= 15 is 0 Å². The van der Waals surface area contributed by atoms with Gasteiger partial charge in [0.05, 0.1) is 6.10 Å². The Morgan fingerprint density at radius 2 is 1.52 bits per heavy atom. The fourth-order valence-corrected chi connectivity index (χ4v) is 3.18. The first-order valence-corrected chi connectivity index (χ1v) is 8.85. The molecule has 1 aliphatic carbocycles. The predicted molar refractivity (Wildman–Crippen MR) is 92.3 cm³/mol. The Bertz CT molecular complexity index is 520. The van der Waals surface area contributed by atoms with Crippen molar-refractivity contribution in [1.29, 1.82) is 0 Å². The van der Waals surface area contributed by atoms with Crippen molar-refractivity contribution in [1.82, 2.24) is 10.2 Å². The summed E-state index contributed by atoms with van der Waals surface area (Å²) in [6, 6.07) is 19.8. The molecule has 5 heteroatoms. The summed E-state index contributed by atoms with van der Waals surface area (Å²) in [5, 5.41) is 0. The molecule has 2 aromatic carbocycles. The van der Waals surface area contributed by atoms with Crippen molar-refractivity contribution in [3.8, 4) is 5.75 Å². The van der Waals surface area contributed by atoms with E-state index in [9.17, 15) is 0 Å². The van der Waals surface area contributed by atoms with Gasteiger partial charge in [-0.1, -0.05) is 61.2 Å². The summed E-state index contributed by atoms with van der Waals surface area (Å²) < 4.78 is 1.57. The van der Waals surface area contributed by atoms with Crippen molar-refractivity contribution in [2.75, 3.05) is 0 Å². The number of nitrogens with zero attached hydrogens (tertiary/aromatic N) is 1. The Labute approximate surface area is 141 Å². The lowest BCUT2D eigenvalue weighted by atomic mass is 9.98. The predicted octanol–water partition coefficient (Wildman–Crippen LogP) is 4.76. The van der Waals surface area contributed by atoms with Gasteiger partial charge in [-0.2, -0.15) is 0 Å². The van der Waals surface area contributed by atoms with Gasteiger partial charge in [-0.3, -0.25) is 4.84 Å². The number of hydrogen-bond acceptors (Lipinski definition) is 5. The van der Waals surface area contributed by atoms with Gasteiger partial charge in [0.15, 0.2) is 5.75 Å². The molecule has 2 aromatic rings. The van der Waals surface area contributed by atoms with Crippen LogP contribution in [0.5, 0.6) is 5.75 Å². The highest BCUT2D eigenvalue weighted by Crippen LogP contribution is 2.24. The molecule has 0 unspecified atom stereocenters. The number of para-hydroxylation sites is 1. The van der Waals surface area contributed by atoms with Crippen LogP contribution in [-0.2, 0) is 4.84 Å². The van der Waals surface area contributed by atoms with Crippen LogP contribution >= 0.6 is 11.9 Å². The van der Waals surface area contributed by atoms with Gasteiger partial charge in [0.1, 0.15) is 0 Å². The lowest BCUT2D eigenvalue weighted by Crippen LogP contribution is -2.38. The van der Waals surface area contributed by atoms with Gasteiger partial charge < -0.3 is 4.84 Å². The first kappa shape index (κ1) is 16.3. The molecular formula is C18H22N2O2S. The average molecular weight is 330 g/mol. The molecule has 0 heterocycles. The fraction of sp³-hybridized carbons (Fsp3) is 0.333. The number of hydrogen-bond donors (Lipinski definition) is 1. The quantitative estimate of drug-likeness (QED) is 0.585. The molecule has 4 nitrogen and oxygen atoms in total. The monoisotopic (exact) mass is 330 g/mol. The maximum Gasteiger partial charge on any atom is 0.150 e. The first-order chi connectivity index (χ1) is 11.4. The van der Waals surface area contributed by atoms with E-state index in [-0.39, 0.29) is 6.10 Å². The molecule has 0 saturated heterocycles. The molecule has 0 radical (unpaired) electrons. The van der Waals surface area contributed by atoms with Gasteiger partial charge in [0.25, 0.3) is 0 Å². The van der Waals surface area contributed by atoms with E-state index in [0.29, 0.717) is 0 Å². The topological polar surface area (TPSA) is 33.7 Å². The number of nitrogens with one attached hydrogen (secondary N) is 1. The molecule has 1 aliphatic rings. The van der Waals surface area contributed by atoms with Gasteiger partial charge in [-0.05, 0) is 37.1 Å². The molecule has 1 N–H and O–H groups in total. The molecule has 1 fully saturated rings. The second-order valence-electron chi connectivity index (χ2n) is 5.53. The van der Waals surface area contributed by atoms with Crippen molar-refractivity contribution in [2.24, 2.45) is 0 Å². The largest absolute Gasteiger partial charge is 0.378 e. The zero-order chi connectivity index (χ0) is 15.7. The molecule has 1 saturated carbocycles. The van der Waals surface area contributed by atoms with Crippen LogP contribution in [0.4, 0.5) is 0 Å². The maximum absolute atomic E-state index is 5.87. The van der Waals surface area contributed by atoms with Gasteiger partial charge in [0.2, 0.25) is 0 Å². The summed E-state index contributed by atoms with van der Waals surface area (Å²) in [4.78, 5) is 12.8. The average Bonchev–Trinajstić information content (AvgIpc) is 2.62. The Hall–Kier alpha value is -1.53. The zero-order valence-corrected chi connectivity index (χ0v) is 13.9. The highest BCUT2D eigenvalue weighted by Gasteiger charge is 2.17. The molecule has 0 bridgehead atoms. The normalized spacial score (nSPS) is 15.7. The van der Waals surface area contributed by atoms with Crippen LogP contribution in [0.2, 0.25) is 0 Å². The van der Waals surface area contributed by atoms with E-state index in [4.69, 9.17) is 9.68 Å². The number of hydrazine groups is 1. The third-order valence-electron chi connectivity index (χ3n) is 3.71. The minimum atomic E-state index is 0.252. The van der Waals surface area contributed by atoms with Gasteiger partial charge in [-0.15, -0.1) is 0 Å². The SMILES string of the molecule is c1ccc(ON(NOC2CCCCC2)Sc2ccccc2)cc1. The molecule has 0 aromatic heterocycles. The Morgan fingerprint density at radius 1 is 0.870 bits per heavy atom. The molecule has 23 heavy (non-hydrogen) atoms. The molecule has 0 aliphatic heterocycles. The van der Waals surface area contributed by atoms with Crippen molar-refractivity contribution < 1.29 is 9.68 Å². The fourth-order valence-electron chi connectivity index (χ4n) is 2.51. The number of rotatable bonds is 7. The molecule has 0 spiro atoms. The van der Waals surface area contributed by atoms with Gasteiger partial charge >= 0.3 is 0 Å². The molecule has 0 atom stereocenters. The second kappa shape index (κ2) is 8.93.